The van der Waals surface area contributed by atoms with Crippen LogP contribution in [0.4, 0.5) is 4.39 Å². The molecule has 1 aromatic carbocycles. The summed E-state index contributed by atoms with van der Waals surface area (Å²) in [6, 6.07) is 3.90. The Morgan fingerprint density at radius 2 is 1.90 bits per heavy atom. The molecular formula is C18H28FN. The Labute approximate surface area is 123 Å². The van der Waals surface area contributed by atoms with E-state index >= 15 is 0 Å². The normalized spacial score (nSPS) is 18.2. The SMILES string of the molecule is CNC(CCC1CCCCC1)c1c(C)cc(C)cc1F. The summed E-state index contributed by atoms with van der Waals surface area (Å²) in [5, 5.41) is 3.32. The second-order valence-electron chi connectivity index (χ2n) is 6.40. The number of halogens is 1. The van der Waals surface area contributed by atoms with Gasteiger partial charge < -0.3 is 5.32 Å². The lowest BCUT2D eigenvalue weighted by molar-refractivity contribution is 0.315. The zero-order valence-corrected chi connectivity index (χ0v) is 13.1. The molecule has 2 heteroatoms. The molecule has 1 nitrogen and oxygen atoms in total. The van der Waals surface area contributed by atoms with Crippen molar-refractivity contribution in [2.75, 3.05) is 7.05 Å². The van der Waals surface area contributed by atoms with Gasteiger partial charge in [-0.05, 0) is 56.8 Å². The third-order valence-electron chi connectivity index (χ3n) is 4.77. The van der Waals surface area contributed by atoms with E-state index < -0.39 is 0 Å². The van der Waals surface area contributed by atoms with Gasteiger partial charge in [-0.25, -0.2) is 4.39 Å². The monoisotopic (exact) mass is 277 g/mol. The molecule has 0 saturated heterocycles. The van der Waals surface area contributed by atoms with Gasteiger partial charge in [-0.2, -0.15) is 0 Å². The van der Waals surface area contributed by atoms with E-state index in [9.17, 15) is 4.39 Å². The van der Waals surface area contributed by atoms with Gasteiger partial charge in [-0.3, -0.25) is 0 Å². The molecule has 1 aliphatic rings. The van der Waals surface area contributed by atoms with Crippen molar-refractivity contribution in [2.24, 2.45) is 5.92 Å². The molecular weight excluding hydrogens is 249 g/mol. The van der Waals surface area contributed by atoms with Gasteiger partial charge in [0.2, 0.25) is 0 Å². The Morgan fingerprint density at radius 3 is 2.50 bits per heavy atom. The van der Waals surface area contributed by atoms with E-state index in [0.717, 1.165) is 29.0 Å². The fraction of sp³-hybridized carbons (Fsp3) is 0.667. The summed E-state index contributed by atoms with van der Waals surface area (Å²) in [5.41, 5.74) is 2.95. The first kappa shape index (κ1) is 15.5. The molecule has 112 valence electrons. The fourth-order valence-electron chi connectivity index (χ4n) is 3.68. The van der Waals surface area contributed by atoms with Crippen molar-refractivity contribution in [2.45, 2.75) is 64.8 Å². The van der Waals surface area contributed by atoms with Gasteiger partial charge >= 0.3 is 0 Å². The summed E-state index contributed by atoms with van der Waals surface area (Å²) in [4.78, 5) is 0. The van der Waals surface area contributed by atoms with Crippen molar-refractivity contribution in [3.8, 4) is 0 Å². The molecule has 0 amide bonds. The molecule has 0 aliphatic heterocycles. The van der Waals surface area contributed by atoms with Crippen LogP contribution in [0.25, 0.3) is 0 Å². The summed E-state index contributed by atoms with van der Waals surface area (Å²) >= 11 is 0. The molecule has 1 saturated carbocycles. The molecule has 2 rings (SSSR count). The maximum Gasteiger partial charge on any atom is 0.128 e. The second-order valence-corrected chi connectivity index (χ2v) is 6.40. The van der Waals surface area contributed by atoms with Crippen molar-refractivity contribution in [3.63, 3.8) is 0 Å². The van der Waals surface area contributed by atoms with Gasteiger partial charge in [0.25, 0.3) is 0 Å². The van der Waals surface area contributed by atoms with Gasteiger partial charge in [0.05, 0.1) is 0 Å². The Balaban J connectivity index is 2.04. The van der Waals surface area contributed by atoms with Gasteiger partial charge in [-0.1, -0.05) is 38.2 Å². The zero-order chi connectivity index (χ0) is 14.5. The summed E-state index contributed by atoms with van der Waals surface area (Å²) in [7, 11) is 1.95. The lowest BCUT2D eigenvalue weighted by atomic mass is 9.84. The Bertz CT molecular complexity index is 412. The number of nitrogens with one attached hydrogen (secondary N) is 1. The first-order chi connectivity index (χ1) is 9.61. The molecule has 1 aromatic rings. The molecule has 1 fully saturated rings. The minimum atomic E-state index is -0.0505. The molecule has 20 heavy (non-hydrogen) atoms. The van der Waals surface area contributed by atoms with Gasteiger partial charge in [0.15, 0.2) is 0 Å². The van der Waals surface area contributed by atoms with Crippen molar-refractivity contribution in [3.05, 3.63) is 34.6 Å². The fourth-order valence-corrected chi connectivity index (χ4v) is 3.68. The highest BCUT2D eigenvalue weighted by Crippen LogP contribution is 2.32. The smallest absolute Gasteiger partial charge is 0.128 e. The quantitative estimate of drug-likeness (QED) is 0.793. The molecule has 1 aliphatic carbocycles. The summed E-state index contributed by atoms with van der Waals surface area (Å²) in [6.45, 7) is 3.98. The third-order valence-corrected chi connectivity index (χ3v) is 4.77. The maximum atomic E-state index is 14.3. The summed E-state index contributed by atoms with van der Waals surface area (Å²) in [6.07, 6.45) is 9.16. The second kappa shape index (κ2) is 7.21. The molecule has 0 spiro atoms. The van der Waals surface area contributed by atoms with Crippen LogP contribution in [-0.2, 0) is 0 Å². The largest absolute Gasteiger partial charge is 0.313 e. The van der Waals surface area contributed by atoms with Crippen LogP contribution in [0.5, 0.6) is 0 Å². The van der Waals surface area contributed by atoms with Crippen molar-refractivity contribution in [1.82, 2.24) is 5.32 Å². The van der Waals surface area contributed by atoms with Crippen LogP contribution >= 0.6 is 0 Å². The highest BCUT2D eigenvalue weighted by atomic mass is 19.1. The minimum absolute atomic E-state index is 0.0505. The van der Waals surface area contributed by atoms with E-state index in [1.807, 2.05) is 20.9 Å². The van der Waals surface area contributed by atoms with Crippen LogP contribution in [-0.4, -0.2) is 7.05 Å². The molecule has 0 aromatic heterocycles. The van der Waals surface area contributed by atoms with E-state index in [4.69, 9.17) is 0 Å². The van der Waals surface area contributed by atoms with Crippen LogP contribution in [0.15, 0.2) is 12.1 Å². The number of aryl methyl sites for hydroxylation is 2. The predicted octanol–water partition coefficient (Wildman–Crippen LogP) is 5.06. The lowest BCUT2D eigenvalue weighted by Crippen LogP contribution is -2.20. The van der Waals surface area contributed by atoms with Crippen LogP contribution in [0.1, 0.15) is 67.7 Å². The van der Waals surface area contributed by atoms with E-state index in [0.29, 0.717) is 0 Å². The minimum Gasteiger partial charge on any atom is -0.313 e. The Hall–Kier alpha value is -0.890. The van der Waals surface area contributed by atoms with E-state index in [2.05, 4.69) is 11.4 Å². The maximum absolute atomic E-state index is 14.3. The number of rotatable bonds is 5. The first-order valence-electron chi connectivity index (χ1n) is 8.05. The van der Waals surface area contributed by atoms with E-state index in [1.165, 1.54) is 38.5 Å². The van der Waals surface area contributed by atoms with Crippen molar-refractivity contribution < 1.29 is 4.39 Å². The summed E-state index contributed by atoms with van der Waals surface area (Å²) in [5.74, 6) is 0.805. The van der Waals surface area contributed by atoms with Crippen molar-refractivity contribution >= 4 is 0 Å². The van der Waals surface area contributed by atoms with Gasteiger partial charge in [0, 0.05) is 11.6 Å². The number of benzene rings is 1. The molecule has 1 unspecified atom stereocenters. The standard InChI is InChI=1S/C18H28FN/c1-13-11-14(2)18(16(19)12-13)17(20-3)10-9-15-7-5-4-6-8-15/h11-12,15,17,20H,4-10H2,1-3H3. The zero-order valence-electron chi connectivity index (χ0n) is 13.1. The third kappa shape index (κ3) is 3.82. The lowest BCUT2D eigenvalue weighted by Gasteiger charge is -2.25. The van der Waals surface area contributed by atoms with Gasteiger partial charge in [0.1, 0.15) is 5.82 Å². The molecule has 0 bridgehead atoms. The Morgan fingerprint density at radius 1 is 1.20 bits per heavy atom. The Kier molecular flexibility index (Phi) is 5.59. The van der Waals surface area contributed by atoms with Crippen LogP contribution in [0.3, 0.4) is 0 Å². The van der Waals surface area contributed by atoms with E-state index in [1.54, 1.807) is 6.07 Å². The number of hydrogen-bond acceptors (Lipinski definition) is 1. The highest BCUT2D eigenvalue weighted by Gasteiger charge is 2.20. The molecule has 1 atom stereocenters. The van der Waals surface area contributed by atoms with Crippen LogP contribution < -0.4 is 5.32 Å². The van der Waals surface area contributed by atoms with Gasteiger partial charge in [-0.15, -0.1) is 0 Å². The van der Waals surface area contributed by atoms with Crippen LogP contribution in [0, 0.1) is 25.6 Å². The van der Waals surface area contributed by atoms with Crippen molar-refractivity contribution in [1.29, 1.82) is 0 Å². The molecule has 0 heterocycles. The average molecular weight is 277 g/mol. The molecule has 0 radical (unpaired) electrons. The topological polar surface area (TPSA) is 12.0 Å². The molecule has 1 N–H and O–H groups in total. The summed E-state index contributed by atoms with van der Waals surface area (Å²) < 4.78 is 14.3. The average Bonchev–Trinajstić information content (AvgIpc) is 2.42. The predicted molar refractivity (Wildman–Crippen MR) is 83.5 cm³/mol. The number of hydrogen-bond donors (Lipinski definition) is 1. The van der Waals surface area contributed by atoms with E-state index in [-0.39, 0.29) is 11.9 Å². The highest BCUT2D eigenvalue weighted by molar-refractivity contribution is 5.34. The first-order valence-corrected chi connectivity index (χ1v) is 8.05. The van der Waals surface area contributed by atoms with Crippen LogP contribution in [0.2, 0.25) is 0 Å².